The van der Waals surface area contributed by atoms with Gasteiger partial charge in [-0.25, -0.2) is 4.98 Å². The second kappa shape index (κ2) is 16.0. The maximum absolute atomic E-state index is 11.4. The number of benzene rings is 7. The van der Waals surface area contributed by atoms with Crippen LogP contribution in [0.5, 0.6) is 5.75 Å². The largest absolute Gasteiger partial charge is 0.507 e. The van der Waals surface area contributed by atoms with Gasteiger partial charge >= 0.3 is 0 Å². The van der Waals surface area contributed by atoms with Crippen molar-refractivity contribution < 1.29 is 12.0 Å². The summed E-state index contributed by atoms with van der Waals surface area (Å²) in [6, 6.07) is 53.2. The summed E-state index contributed by atoms with van der Waals surface area (Å²) in [7, 11) is 0. The Morgan fingerprint density at radius 1 is 0.550 bits per heavy atom. The zero-order valence-electron chi connectivity index (χ0n) is 39.5. The minimum absolute atomic E-state index is 0.00548. The van der Waals surface area contributed by atoms with Gasteiger partial charge in [-0.3, -0.25) is 9.55 Å². The molecular formula is C56H49N3O. The number of fused-ring (bicyclic) bond motifs is 1. The number of aromatic hydroxyl groups is 1. The van der Waals surface area contributed by atoms with Crippen LogP contribution in [0.2, 0.25) is 0 Å². The molecule has 4 nitrogen and oxygen atoms in total. The molecule has 0 aliphatic rings. The van der Waals surface area contributed by atoms with Gasteiger partial charge in [-0.05, 0) is 142 Å². The third kappa shape index (κ3) is 7.42. The predicted molar refractivity (Wildman–Crippen MR) is 251 cm³/mol. The molecule has 294 valence electrons. The van der Waals surface area contributed by atoms with E-state index >= 15 is 0 Å². The molecule has 0 spiro atoms. The molecule has 0 saturated heterocycles. The summed E-state index contributed by atoms with van der Waals surface area (Å²) in [5, 5.41) is 11.4. The van der Waals surface area contributed by atoms with Crippen LogP contribution in [0, 0.1) is 13.8 Å². The van der Waals surface area contributed by atoms with Gasteiger partial charge in [0, 0.05) is 24.2 Å². The fraction of sp³-hybridized carbons (Fsp3) is 0.143. The van der Waals surface area contributed by atoms with E-state index in [0.29, 0.717) is 33.7 Å². The van der Waals surface area contributed by atoms with E-state index in [2.05, 4.69) is 67.6 Å². The molecule has 0 amide bonds. The van der Waals surface area contributed by atoms with Crippen LogP contribution in [0.3, 0.4) is 0 Å². The summed E-state index contributed by atoms with van der Waals surface area (Å²) in [5.41, 5.74) is 13.8. The summed E-state index contributed by atoms with van der Waals surface area (Å²) < 4.78 is 46.4. The Morgan fingerprint density at radius 3 is 1.92 bits per heavy atom. The minimum Gasteiger partial charge on any atom is -0.507 e. The Morgan fingerprint density at radius 2 is 1.18 bits per heavy atom. The Kier molecular flexibility index (Phi) is 8.74. The highest BCUT2D eigenvalue weighted by Crippen LogP contribution is 2.41. The Labute approximate surface area is 360 Å². The average molecular weight is 785 g/mol. The highest BCUT2D eigenvalue weighted by atomic mass is 16.3. The smallest absolute Gasteiger partial charge is 0.149 e. The van der Waals surface area contributed by atoms with Crippen molar-refractivity contribution in [1.82, 2.24) is 14.5 Å². The van der Waals surface area contributed by atoms with Gasteiger partial charge in [-0.15, -0.1) is 0 Å². The topological polar surface area (TPSA) is 50.9 Å². The third-order valence-corrected chi connectivity index (χ3v) is 11.3. The first-order valence-electron chi connectivity index (χ1n) is 22.8. The monoisotopic (exact) mass is 784 g/mol. The number of aryl methyl sites for hydroxylation is 2. The van der Waals surface area contributed by atoms with Crippen LogP contribution in [0.15, 0.2) is 170 Å². The van der Waals surface area contributed by atoms with Crippen LogP contribution in [-0.4, -0.2) is 19.6 Å². The quantitative estimate of drug-likeness (QED) is 0.159. The molecule has 2 aromatic heterocycles. The van der Waals surface area contributed by atoms with Crippen LogP contribution in [0.1, 0.15) is 68.6 Å². The zero-order valence-corrected chi connectivity index (χ0v) is 34.5. The van der Waals surface area contributed by atoms with Gasteiger partial charge < -0.3 is 5.11 Å². The number of nitrogens with zero attached hydrogens (tertiary/aromatic N) is 3. The summed E-state index contributed by atoms with van der Waals surface area (Å²) in [6.07, 6.45) is 1.84. The SMILES string of the molecule is [2H]C([2H])([2H])c1cc(-c2cc(C([2H])(C)C)cc(C([2H])(C)C)c2)ccc1-n1c(-c2ccccc2O)nc2c(-c3cc(-c4ccccc4)cc(-c4cc(-c5ccc(C)cc5)ccn4)c3)cccc21. The second-order valence-electron chi connectivity index (χ2n) is 16.0. The first-order chi connectivity index (χ1) is 30.9. The number of phenolic OH excluding ortho intramolecular Hbond substituents is 1. The Balaban J connectivity index is 1.28. The van der Waals surface area contributed by atoms with Crippen LogP contribution < -0.4 is 0 Å². The van der Waals surface area contributed by atoms with Gasteiger partial charge in [-0.2, -0.15) is 0 Å². The number of imidazole rings is 1. The average Bonchev–Trinajstić information content (AvgIpc) is 3.68. The molecule has 4 heteroatoms. The van der Waals surface area contributed by atoms with E-state index in [1.54, 1.807) is 30.3 Å². The van der Waals surface area contributed by atoms with Crippen molar-refractivity contribution in [2.24, 2.45) is 0 Å². The van der Waals surface area contributed by atoms with Gasteiger partial charge in [-0.1, -0.05) is 136 Å². The van der Waals surface area contributed by atoms with Gasteiger partial charge in [0.25, 0.3) is 0 Å². The van der Waals surface area contributed by atoms with E-state index in [1.165, 1.54) is 5.56 Å². The maximum Gasteiger partial charge on any atom is 0.149 e. The minimum atomic E-state index is -2.57. The first-order valence-corrected chi connectivity index (χ1v) is 20.3. The molecule has 0 saturated carbocycles. The van der Waals surface area contributed by atoms with E-state index in [-0.39, 0.29) is 11.3 Å². The van der Waals surface area contributed by atoms with Crippen molar-refractivity contribution in [2.75, 3.05) is 0 Å². The highest BCUT2D eigenvalue weighted by Gasteiger charge is 2.22. The van der Waals surface area contributed by atoms with Crippen molar-refractivity contribution >= 4 is 11.0 Å². The van der Waals surface area contributed by atoms with E-state index in [0.717, 1.165) is 61.3 Å². The predicted octanol–water partition coefficient (Wildman–Crippen LogP) is 15.0. The van der Waals surface area contributed by atoms with E-state index in [4.69, 9.17) is 16.8 Å². The Hall–Kier alpha value is -7.04. The van der Waals surface area contributed by atoms with Crippen molar-refractivity contribution in [1.29, 1.82) is 0 Å². The number of aromatic nitrogens is 3. The van der Waals surface area contributed by atoms with Crippen molar-refractivity contribution in [3.05, 3.63) is 192 Å². The molecule has 2 heterocycles. The lowest BCUT2D eigenvalue weighted by Crippen LogP contribution is -2.01. The standard InChI is InChI=1S/C56H49N3O/c1-35(2)43-28-44(36(3)4)30-46(29-43)41-23-24-52(38(6)27-41)59-53-17-12-16-49(55(53)58-56(59)50-15-10-11-18-54(50)60)47-31-45(39-13-8-7-9-14-39)32-48(33-47)51-34-42(25-26-57-51)40-21-19-37(5)20-22-40/h7-36,60H,1-6H3/i6D3,35D,36D. The third-order valence-electron chi connectivity index (χ3n) is 11.3. The van der Waals surface area contributed by atoms with E-state index in [9.17, 15) is 5.11 Å². The molecular weight excluding hydrogens is 731 g/mol. The lowest BCUT2D eigenvalue weighted by atomic mass is 9.90. The molecule has 9 rings (SSSR count). The van der Waals surface area contributed by atoms with Gasteiger partial charge in [0.2, 0.25) is 0 Å². The molecule has 0 bridgehead atoms. The molecule has 7 aromatic carbocycles. The van der Waals surface area contributed by atoms with E-state index in [1.807, 2.05) is 111 Å². The normalized spacial score (nSPS) is 13.3. The molecule has 1 N–H and O–H groups in total. The number of hydrogen-bond donors (Lipinski definition) is 1. The number of para-hydroxylation sites is 2. The molecule has 9 aromatic rings. The number of pyridine rings is 1. The summed E-state index contributed by atoms with van der Waals surface area (Å²) in [6.45, 7) is 6.74. The molecule has 0 fully saturated rings. The summed E-state index contributed by atoms with van der Waals surface area (Å²) in [4.78, 5) is 10.2. The summed E-state index contributed by atoms with van der Waals surface area (Å²) >= 11 is 0. The molecule has 0 aliphatic carbocycles. The summed E-state index contributed by atoms with van der Waals surface area (Å²) in [5.74, 6) is -1.52. The first kappa shape index (κ1) is 32.9. The van der Waals surface area contributed by atoms with E-state index < -0.39 is 18.6 Å². The lowest BCUT2D eigenvalue weighted by molar-refractivity contribution is 0.477. The second-order valence-corrected chi connectivity index (χ2v) is 16.0. The molecule has 0 radical (unpaired) electrons. The van der Waals surface area contributed by atoms with Crippen molar-refractivity contribution in [2.45, 2.75) is 53.3 Å². The molecule has 60 heavy (non-hydrogen) atoms. The fourth-order valence-corrected chi connectivity index (χ4v) is 7.94. The number of rotatable bonds is 9. The van der Waals surface area contributed by atoms with Crippen LogP contribution in [0.4, 0.5) is 0 Å². The van der Waals surface area contributed by atoms with Crippen LogP contribution in [0.25, 0.3) is 83.9 Å². The fourth-order valence-electron chi connectivity index (χ4n) is 7.94. The van der Waals surface area contributed by atoms with Crippen molar-refractivity contribution in [3.8, 4) is 78.6 Å². The molecule has 0 unspecified atom stereocenters. The van der Waals surface area contributed by atoms with Gasteiger partial charge in [0.1, 0.15) is 11.6 Å². The Bertz CT molecular complexity index is 3200. The molecule has 0 aliphatic heterocycles. The van der Waals surface area contributed by atoms with Crippen molar-refractivity contribution in [3.63, 3.8) is 0 Å². The van der Waals surface area contributed by atoms with Crippen LogP contribution in [-0.2, 0) is 0 Å². The lowest BCUT2D eigenvalue weighted by Gasteiger charge is -2.17. The number of phenols is 1. The maximum atomic E-state index is 11.4. The zero-order chi connectivity index (χ0) is 45.8. The number of hydrogen-bond acceptors (Lipinski definition) is 3. The molecule has 0 atom stereocenters. The highest BCUT2D eigenvalue weighted by molar-refractivity contribution is 5.98. The van der Waals surface area contributed by atoms with Gasteiger partial charge in [0.15, 0.2) is 0 Å². The van der Waals surface area contributed by atoms with Gasteiger partial charge in [0.05, 0.1) is 28.0 Å². The van der Waals surface area contributed by atoms with Crippen LogP contribution >= 0.6 is 0 Å².